The van der Waals surface area contributed by atoms with Crippen LogP contribution in [-0.2, 0) is 7.05 Å². The van der Waals surface area contributed by atoms with Crippen LogP contribution in [-0.4, -0.2) is 51.8 Å². The molecule has 1 fully saturated rings. The van der Waals surface area contributed by atoms with Crippen molar-refractivity contribution in [3.63, 3.8) is 0 Å². The van der Waals surface area contributed by atoms with Gasteiger partial charge in [-0.25, -0.2) is 4.98 Å². The summed E-state index contributed by atoms with van der Waals surface area (Å²) in [6, 6.07) is 10.5. The molecular weight excluding hydrogens is 436 g/mol. The number of nitrogens with two attached hydrogens (primary N) is 2. The zero-order valence-electron chi connectivity index (χ0n) is 18.7. The van der Waals surface area contributed by atoms with E-state index in [-0.39, 0.29) is 0 Å². The van der Waals surface area contributed by atoms with Gasteiger partial charge in [-0.1, -0.05) is 0 Å². The van der Waals surface area contributed by atoms with E-state index in [0.29, 0.717) is 10.6 Å². The van der Waals surface area contributed by atoms with Gasteiger partial charge in [0.1, 0.15) is 15.5 Å². The van der Waals surface area contributed by atoms with Crippen LogP contribution in [0, 0.1) is 6.92 Å². The Morgan fingerprint density at radius 2 is 1.76 bits per heavy atom. The number of pyridine rings is 1. The number of hydrogen-bond donors (Lipinski definition) is 2. The van der Waals surface area contributed by atoms with Crippen molar-refractivity contribution in [2.75, 3.05) is 41.7 Å². The van der Waals surface area contributed by atoms with Gasteiger partial charge in [0.25, 0.3) is 5.91 Å². The SMILES string of the molecule is Cc1nnc(-c2ccc(N3CCCN(c4ccnc5sc(C(N)=O)c(N)c45)CC3)cc2)n1C. The van der Waals surface area contributed by atoms with E-state index in [1.807, 2.05) is 24.6 Å². The van der Waals surface area contributed by atoms with Crippen molar-refractivity contribution < 1.29 is 4.79 Å². The number of carbonyl (C=O) groups excluding carboxylic acids is 1. The Kier molecular flexibility index (Phi) is 5.37. The van der Waals surface area contributed by atoms with Gasteiger partial charge < -0.3 is 25.8 Å². The molecular formula is C23H26N8OS. The maximum absolute atomic E-state index is 11.8. The molecule has 4 heterocycles. The Morgan fingerprint density at radius 3 is 2.45 bits per heavy atom. The van der Waals surface area contributed by atoms with Crippen LogP contribution in [0.1, 0.15) is 21.9 Å². The number of rotatable bonds is 4. The summed E-state index contributed by atoms with van der Waals surface area (Å²) in [6.45, 7) is 5.51. The molecule has 0 radical (unpaired) electrons. The summed E-state index contributed by atoms with van der Waals surface area (Å²) in [5.41, 5.74) is 15.5. The second kappa shape index (κ2) is 8.36. The molecule has 0 saturated carbocycles. The molecule has 170 valence electrons. The van der Waals surface area contributed by atoms with Gasteiger partial charge in [-0.2, -0.15) is 0 Å². The Balaban J connectivity index is 1.36. The number of amides is 1. The monoisotopic (exact) mass is 462 g/mol. The summed E-state index contributed by atoms with van der Waals surface area (Å²) >= 11 is 1.26. The lowest BCUT2D eigenvalue weighted by Crippen LogP contribution is -2.30. The van der Waals surface area contributed by atoms with Crippen molar-refractivity contribution >= 4 is 44.5 Å². The van der Waals surface area contributed by atoms with E-state index in [2.05, 4.69) is 49.2 Å². The number of primary amides is 1. The van der Waals surface area contributed by atoms with Crippen molar-refractivity contribution in [2.45, 2.75) is 13.3 Å². The maximum atomic E-state index is 11.8. The molecule has 5 rings (SSSR count). The van der Waals surface area contributed by atoms with E-state index in [1.165, 1.54) is 17.0 Å². The number of nitrogens with zero attached hydrogens (tertiary/aromatic N) is 6. The first-order chi connectivity index (χ1) is 15.9. The number of carbonyl (C=O) groups is 1. The first-order valence-corrected chi connectivity index (χ1v) is 11.7. The molecule has 1 aliphatic rings. The Bertz CT molecular complexity index is 1330. The quantitative estimate of drug-likeness (QED) is 0.479. The largest absolute Gasteiger partial charge is 0.397 e. The van der Waals surface area contributed by atoms with Crippen molar-refractivity contribution in [3.8, 4) is 11.4 Å². The molecule has 0 atom stereocenters. The van der Waals surface area contributed by atoms with Gasteiger partial charge in [0.15, 0.2) is 5.82 Å². The third-order valence-electron chi connectivity index (χ3n) is 6.25. The third-order valence-corrected chi connectivity index (χ3v) is 7.38. The van der Waals surface area contributed by atoms with Crippen LogP contribution < -0.4 is 21.3 Å². The van der Waals surface area contributed by atoms with Gasteiger partial charge in [-0.3, -0.25) is 4.79 Å². The minimum atomic E-state index is -0.511. The number of aromatic nitrogens is 4. The minimum absolute atomic E-state index is 0.375. The van der Waals surface area contributed by atoms with Crippen molar-refractivity contribution in [2.24, 2.45) is 12.8 Å². The van der Waals surface area contributed by atoms with E-state index < -0.39 is 5.91 Å². The van der Waals surface area contributed by atoms with Gasteiger partial charge in [-0.15, -0.1) is 21.5 Å². The first kappa shape index (κ1) is 21.2. The van der Waals surface area contributed by atoms with Gasteiger partial charge >= 0.3 is 0 Å². The highest BCUT2D eigenvalue weighted by atomic mass is 32.1. The summed E-state index contributed by atoms with van der Waals surface area (Å²) in [4.78, 5) is 22.0. The van der Waals surface area contributed by atoms with Crippen LogP contribution in [0.2, 0.25) is 0 Å². The molecule has 1 saturated heterocycles. The smallest absolute Gasteiger partial charge is 0.260 e. The minimum Gasteiger partial charge on any atom is -0.397 e. The molecule has 4 aromatic rings. The summed E-state index contributed by atoms with van der Waals surface area (Å²) in [5.74, 6) is 1.25. The molecule has 1 aromatic carbocycles. The maximum Gasteiger partial charge on any atom is 0.260 e. The number of anilines is 3. The van der Waals surface area contributed by atoms with Crippen LogP contribution in [0.15, 0.2) is 36.5 Å². The molecule has 9 nitrogen and oxygen atoms in total. The average molecular weight is 463 g/mol. The van der Waals surface area contributed by atoms with Crippen molar-refractivity contribution in [1.82, 2.24) is 19.7 Å². The molecule has 3 aromatic heterocycles. The number of thiophene rings is 1. The fraction of sp³-hybridized carbons (Fsp3) is 0.304. The number of benzene rings is 1. The number of aryl methyl sites for hydroxylation is 1. The second-order valence-corrected chi connectivity index (χ2v) is 9.22. The molecule has 1 aliphatic heterocycles. The van der Waals surface area contributed by atoms with E-state index in [4.69, 9.17) is 11.5 Å². The zero-order valence-corrected chi connectivity index (χ0v) is 19.5. The standard InChI is InChI=1S/C23H26N8OS/c1-14-27-28-22(29(14)2)15-4-6-16(7-5-15)30-10-3-11-31(13-12-30)17-8-9-26-23-18(17)19(24)20(33-23)21(25)32/h4-9H,3,10-13,24H2,1-2H3,(H2,25,32). The Labute approximate surface area is 195 Å². The molecule has 4 N–H and O–H groups in total. The Morgan fingerprint density at radius 1 is 1.03 bits per heavy atom. The summed E-state index contributed by atoms with van der Waals surface area (Å²) < 4.78 is 1.99. The van der Waals surface area contributed by atoms with E-state index in [9.17, 15) is 4.79 Å². The van der Waals surface area contributed by atoms with Gasteiger partial charge in [0.05, 0.1) is 16.8 Å². The van der Waals surface area contributed by atoms with E-state index >= 15 is 0 Å². The molecule has 0 spiro atoms. The fourth-order valence-electron chi connectivity index (χ4n) is 4.37. The van der Waals surface area contributed by atoms with Gasteiger partial charge in [0.2, 0.25) is 0 Å². The summed E-state index contributed by atoms with van der Waals surface area (Å²) in [7, 11) is 1.98. The molecule has 33 heavy (non-hydrogen) atoms. The predicted molar refractivity (Wildman–Crippen MR) is 133 cm³/mol. The molecule has 0 aliphatic carbocycles. The molecule has 1 amide bonds. The Hall–Kier alpha value is -3.66. The lowest BCUT2D eigenvalue weighted by Gasteiger charge is -2.25. The highest BCUT2D eigenvalue weighted by Crippen LogP contribution is 2.38. The fourth-order valence-corrected chi connectivity index (χ4v) is 5.31. The zero-order chi connectivity index (χ0) is 23.1. The lowest BCUT2D eigenvalue weighted by atomic mass is 10.1. The third kappa shape index (κ3) is 3.76. The number of hydrogen-bond acceptors (Lipinski definition) is 8. The van der Waals surface area contributed by atoms with Crippen molar-refractivity contribution in [3.05, 3.63) is 47.2 Å². The predicted octanol–water partition coefficient (Wildman–Crippen LogP) is 2.80. The lowest BCUT2D eigenvalue weighted by molar-refractivity contribution is 0.100. The van der Waals surface area contributed by atoms with Crippen LogP contribution in [0.5, 0.6) is 0 Å². The molecule has 0 bridgehead atoms. The normalized spacial score (nSPS) is 14.6. The highest BCUT2D eigenvalue weighted by molar-refractivity contribution is 7.21. The first-order valence-electron chi connectivity index (χ1n) is 10.9. The average Bonchev–Trinajstić information content (AvgIpc) is 3.22. The topological polar surface area (TPSA) is 119 Å². The van der Waals surface area contributed by atoms with Gasteiger partial charge in [-0.05, 0) is 43.7 Å². The highest BCUT2D eigenvalue weighted by Gasteiger charge is 2.22. The van der Waals surface area contributed by atoms with E-state index in [1.54, 1.807) is 6.20 Å². The number of fused-ring (bicyclic) bond motifs is 1. The van der Waals surface area contributed by atoms with Crippen LogP contribution in [0.3, 0.4) is 0 Å². The second-order valence-electron chi connectivity index (χ2n) is 8.22. The summed E-state index contributed by atoms with van der Waals surface area (Å²) in [5, 5.41) is 9.26. The molecule has 10 heteroatoms. The summed E-state index contributed by atoms with van der Waals surface area (Å²) in [6.07, 6.45) is 2.77. The van der Waals surface area contributed by atoms with Crippen LogP contribution in [0.4, 0.5) is 17.1 Å². The van der Waals surface area contributed by atoms with Crippen molar-refractivity contribution in [1.29, 1.82) is 0 Å². The van der Waals surface area contributed by atoms with Crippen LogP contribution >= 0.6 is 11.3 Å². The number of nitrogen functional groups attached to an aromatic ring is 1. The van der Waals surface area contributed by atoms with Gasteiger partial charge in [0, 0.05) is 50.7 Å². The van der Waals surface area contributed by atoms with E-state index in [0.717, 1.165) is 65.7 Å². The molecule has 0 unspecified atom stereocenters. The van der Waals surface area contributed by atoms with Crippen LogP contribution in [0.25, 0.3) is 21.6 Å².